The third-order valence-corrected chi connectivity index (χ3v) is 3.39. The molecule has 20 heavy (non-hydrogen) atoms. The molecular formula is C15H17N3OS. The monoisotopic (exact) mass is 287 g/mol. The third kappa shape index (κ3) is 3.57. The van der Waals surface area contributed by atoms with Gasteiger partial charge in [-0.25, -0.2) is 9.97 Å². The van der Waals surface area contributed by atoms with Crippen molar-refractivity contribution in [1.29, 1.82) is 0 Å². The van der Waals surface area contributed by atoms with Crippen molar-refractivity contribution >= 4 is 17.7 Å². The molecular weight excluding hydrogens is 270 g/mol. The molecule has 5 heteroatoms. The molecule has 1 aromatic heterocycles. The molecule has 0 fully saturated rings. The maximum absolute atomic E-state index is 12.4. The van der Waals surface area contributed by atoms with Gasteiger partial charge in [0.1, 0.15) is 5.69 Å². The summed E-state index contributed by atoms with van der Waals surface area (Å²) in [6.07, 6.45) is 1.90. The first-order valence-corrected chi connectivity index (χ1v) is 7.51. The van der Waals surface area contributed by atoms with Crippen LogP contribution in [0.5, 0.6) is 0 Å². The lowest BCUT2D eigenvalue weighted by molar-refractivity contribution is 0.0778. The minimum absolute atomic E-state index is 0.0883. The number of nitrogens with zero attached hydrogens (tertiary/aromatic N) is 3. The molecule has 0 aliphatic carbocycles. The Morgan fingerprint density at radius 1 is 1.25 bits per heavy atom. The molecule has 1 heterocycles. The SMILES string of the molecule is CSc1nc(C)cc(C(=O)N(C)Cc2ccccc2)n1. The van der Waals surface area contributed by atoms with E-state index in [0.717, 1.165) is 11.3 Å². The summed E-state index contributed by atoms with van der Waals surface area (Å²) < 4.78 is 0. The first-order chi connectivity index (χ1) is 9.60. The Labute approximate surface area is 123 Å². The second-order valence-corrected chi connectivity index (χ2v) is 5.30. The predicted molar refractivity (Wildman–Crippen MR) is 80.8 cm³/mol. The van der Waals surface area contributed by atoms with Gasteiger partial charge in [0.2, 0.25) is 0 Å². The van der Waals surface area contributed by atoms with Gasteiger partial charge in [-0.15, -0.1) is 0 Å². The summed E-state index contributed by atoms with van der Waals surface area (Å²) in [6.45, 7) is 2.44. The van der Waals surface area contributed by atoms with Gasteiger partial charge in [-0.2, -0.15) is 0 Å². The van der Waals surface area contributed by atoms with Crippen LogP contribution in [0.15, 0.2) is 41.6 Å². The molecule has 4 nitrogen and oxygen atoms in total. The number of amides is 1. The van der Waals surface area contributed by atoms with E-state index in [1.165, 1.54) is 11.8 Å². The predicted octanol–water partition coefficient (Wildman–Crippen LogP) is 2.78. The minimum Gasteiger partial charge on any atom is -0.336 e. The zero-order chi connectivity index (χ0) is 14.5. The number of hydrogen-bond acceptors (Lipinski definition) is 4. The fraction of sp³-hybridized carbons (Fsp3) is 0.267. The highest BCUT2D eigenvalue weighted by Gasteiger charge is 2.15. The van der Waals surface area contributed by atoms with E-state index in [1.807, 2.05) is 43.5 Å². The number of carbonyl (C=O) groups excluding carboxylic acids is 1. The summed E-state index contributed by atoms with van der Waals surface area (Å²) in [5, 5.41) is 0.626. The zero-order valence-electron chi connectivity index (χ0n) is 11.8. The quantitative estimate of drug-likeness (QED) is 0.641. The Morgan fingerprint density at radius 3 is 2.60 bits per heavy atom. The molecule has 0 aliphatic heterocycles. The molecule has 0 N–H and O–H groups in total. The Balaban J connectivity index is 2.16. The lowest BCUT2D eigenvalue weighted by Crippen LogP contribution is -2.27. The lowest BCUT2D eigenvalue weighted by Gasteiger charge is -2.17. The maximum Gasteiger partial charge on any atom is 0.272 e. The molecule has 0 unspecified atom stereocenters. The van der Waals surface area contributed by atoms with Crippen molar-refractivity contribution in [2.24, 2.45) is 0 Å². The third-order valence-electron chi connectivity index (χ3n) is 2.84. The summed E-state index contributed by atoms with van der Waals surface area (Å²) in [4.78, 5) is 22.6. The highest BCUT2D eigenvalue weighted by molar-refractivity contribution is 7.98. The van der Waals surface area contributed by atoms with Crippen molar-refractivity contribution in [3.05, 3.63) is 53.3 Å². The average Bonchev–Trinajstić information content (AvgIpc) is 2.46. The largest absolute Gasteiger partial charge is 0.336 e. The Kier molecular flexibility index (Phi) is 4.74. The molecule has 0 bridgehead atoms. The topological polar surface area (TPSA) is 46.1 Å². The van der Waals surface area contributed by atoms with Crippen molar-refractivity contribution in [3.8, 4) is 0 Å². The van der Waals surface area contributed by atoms with E-state index in [9.17, 15) is 4.79 Å². The number of hydrogen-bond donors (Lipinski definition) is 0. The van der Waals surface area contributed by atoms with Crippen LogP contribution < -0.4 is 0 Å². The lowest BCUT2D eigenvalue weighted by atomic mass is 10.2. The van der Waals surface area contributed by atoms with Gasteiger partial charge in [-0.1, -0.05) is 42.1 Å². The van der Waals surface area contributed by atoms with Crippen molar-refractivity contribution in [3.63, 3.8) is 0 Å². The van der Waals surface area contributed by atoms with E-state index < -0.39 is 0 Å². The van der Waals surface area contributed by atoms with Gasteiger partial charge in [-0.05, 0) is 24.8 Å². The molecule has 2 rings (SSSR count). The van der Waals surface area contributed by atoms with E-state index in [1.54, 1.807) is 18.0 Å². The maximum atomic E-state index is 12.4. The molecule has 1 aromatic carbocycles. The standard InChI is InChI=1S/C15H17N3OS/c1-11-9-13(17-15(16-11)20-3)14(19)18(2)10-12-7-5-4-6-8-12/h4-9H,10H2,1-3H3. The fourth-order valence-corrected chi connectivity index (χ4v) is 2.29. The molecule has 1 amide bonds. The second kappa shape index (κ2) is 6.52. The van der Waals surface area contributed by atoms with Gasteiger partial charge in [0, 0.05) is 19.3 Å². The zero-order valence-corrected chi connectivity index (χ0v) is 12.6. The smallest absolute Gasteiger partial charge is 0.272 e. The van der Waals surface area contributed by atoms with E-state index in [4.69, 9.17) is 0 Å². The van der Waals surface area contributed by atoms with Crippen LogP contribution in [0.2, 0.25) is 0 Å². The van der Waals surface area contributed by atoms with Crippen LogP contribution in [-0.2, 0) is 6.54 Å². The molecule has 0 aliphatic rings. The van der Waals surface area contributed by atoms with Crippen LogP contribution >= 0.6 is 11.8 Å². The van der Waals surface area contributed by atoms with Crippen molar-refractivity contribution in [1.82, 2.24) is 14.9 Å². The van der Waals surface area contributed by atoms with Crippen LogP contribution in [0.25, 0.3) is 0 Å². The molecule has 104 valence electrons. The highest BCUT2D eigenvalue weighted by atomic mass is 32.2. The summed E-state index contributed by atoms with van der Waals surface area (Å²) in [5.74, 6) is -0.0883. The Hall–Kier alpha value is -1.88. The number of benzene rings is 1. The van der Waals surface area contributed by atoms with Crippen LogP contribution in [0.3, 0.4) is 0 Å². The first-order valence-electron chi connectivity index (χ1n) is 6.29. The van der Waals surface area contributed by atoms with Gasteiger partial charge in [-0.3, -0.25) is 4.79 Å². The number of aromatic nitrogens is 2. The van der Waals surface area contributed by atoms with Crippen molar-refractivity contribution in [2.45, 2.75) is 18.6 Å². The summed E-state index contributed by atoms with van der Waals surface area (Å²) in [7, 11) is 1.78. The number of aryl methyl sites for hydroxylation is 1. The molecule has 0 atom stereocenters. The van der Waals surface area contributed by atoms with Gasteiger partial charge >= 0.3 is 0 Å². The molecule has 0 saturated carbocycles. The Morgan fingerprint density at radius 2 is 1.95 bits per heavy atom. The van der Waals surface area contributed by atoms with E-state index in [0.29, 0.717) is 17.4 Å². The number of carbonyl (C=O) groups is 1. The highest BCUT2D eigenvalue weighted by Crippen LogP contribution is 2.13. The first kappa shape index (κ1) is 14.5. The molecule has 2 aromatic rings. The summed E-state index contributed by atoms with van der Waals surface area (Å²) in [6, 6.07) is 11.6. The Bertz CT molecular complexity index is 601. The van der Waals surface area contributed by atoms with Gasteiger partial charge in [0.05, 0.1) is 0 Å². The normalized spacial score (nSPS) is 10.3. The fourth-order valence-electron chi connectivity index (χ4n) is 1.87. The summed E-state index contributed by atoms with van der Waals surface area (Å²) in [5.41, 5.74) is 2.35. The summed E-state index contributed by atoms with van der Waals surface area (Å²) >= 11 is 1.44. The molecule has 0 saturated heterocycles. The van der Waals surface area contributed by atoms with Gasteiger partial charge in [0.15, 0.2) is 5.16 Å². The van der Waals surface area contributed by atoms with Crippen LogP contribution in [0.4, 0.5) is 0 Å². The molecule has 0 spiro atoms. The van der Waals surface area contributed by atoms with Gasteiger partial charge in [0.25, 0.3) is 5.91 Å². The van der Waals surface area contributed by atoms with E-state index in [-0.39, 0.29) is 5.91 Å². The average molecular weight is 287 g/mol. The van der Waals surface area contributed by atoms with E-state index in [2.05, 4.69) is 9.97 Å². The molecule has 0 radical (unpaired) electrons. The van der Waals surface area contributed by atoms with Crippen molar-refractivity contribution < 1.29 is 4.79 Å². The van der Waals surface area contributed by atoms with E-state index >= 15 is 0 Å². The van der Waals surface area contributed by atoms with Crippen LogP contribution in [-0.4, -0.2) is 34.1 Å². The minimum atomic E-state index is -0.0883. The number of rotatable bonds is 4. The van der Waals surface area contributed by atoms with Crippen LogP contribution in [0.1, 0.15) is 21.7 Å². The number of thioether (sulfide) groups is 1. The van der Waals surface area contributed by atoms with Crippen molar-refractivity contribution in [2.75, 3.05) is 13.3 Å². The van der Waals surface area contributed by atoms with Gasteiger partial charge < -0.3 is 4.90 Å². The van der Waals surface area contributed by atoms with Crippen LogP contribution in [0, 0.1) is 6.92 Å². The second-order valence-electron chi connectivity index (χ2n) is 4.53.